The van der Waals surface area contributed by atoms with Gasteiger partial charge in [-0.25, -0.2) is 9.78 Å². The number of nitrogens with zero attached hydrogens (tertiary/aromatic N) is 2. The molecule has 6 nitrogen and oxygen atoms in total. The summed E-state index contributed by atoms with van der Waals surface area (Å²) in [4.78, 5) is 16.9. The van der Waals surface area contributed by atoms with Gasteiger partial charge >= 0.3 is 11.9 Å². The third-order valence-corrected chi connectivity index (χ3v) is 5.86. The van der Waals surface area contributed by atoms with Gasteiger partial charge in [0.25, 0.3) is 0 Å². The topological polar surface area (TPSA) is 77.5 Å². The lowest BCUT2D eigenvalue weighted by Crippen LogP contribution is -2.07. The van der Waals surface area contributed by atoms with E-state index in [4.69, 9.17) is 20.8 Å². The molecule has 31 heavy (non-hydrogen) atoms. The van der Waals surface area contributed by atoms with Crippen molar-refractivity contribution in [3.63, 3.8) is 0 Å². The lowest BCUT2D eigenvalue weighted by atomic mass is 10.2. The van der Waals surface area contributed by atoms with Crippen molar-refractivity contribution in [1.29, 1.82) is 0 Å². The summed E-state index contributed by atoms with van der Waals surface area (Å²) in [6.07, 6.45) is 2.71. The van der Waals surface area contributed by atoms with Gasteiger partial charge in [-0.2, -0.15) is 0 Å². The molecule has 2 aromatic carbocycles. The second-order valence-corrected chi connectivity index (χ2v) is 8.09. The first kappa shape index (κ1) is 21.6. The van der Waals surface area contributed by atoms with Crippen LogP contribution >= 0.6 is 27.5 Å². The number of hydrogen-bond acceptors (Lipinski definition) is 5. The van der Waals surface area contributed by atoms with Gasteiger partial charge in [-0.3, -0.25) is 4.57 Å². The number of unbranched alkanes of at least 4 members (excludes halogenated alkanes) is 1. The highest BCUT2D eigenvalue weighted by Crippen LogP contribution is 2.38. The third-order valence-electron chi connectivity index (χ3n) is 4.97. The quantitative estimate of drug-likeness (QED) is 0.309. The van der Waals surface area contributed by atoms with Crippen LogP contribution in [0.5, 0.6) is 5.95 Å². The number of ether oxygens (including phenoxy) is 1. The van der Waals surface area contributed by atoms with Gasteiger partial charge in [0.1, 0.15) is 5.82 Å². The zero-order chi connectivity index (χ0) is 22.0. The number of furan rings is 1. The molecule has 0 unspecified atom stereocenters. The summed E-state index contributed by atoms with van der Waals surface area (Å²) in [6, 6.07) is 14.3. The summed E-state index contributed by atoms with van der Waals surface area (Å²) in [7, 11) is 0. The number of rotatable bonds is 7. The average Bonchev–Trinajstić information content (AvgIpc) is 3.28. The van der Waals surface area contributed by atoms with Crippen molar-refractivity contribution in [3.8, 4) is 11.6 Å². The Kier molecular flexibility index (Phi) is 6.46. The number of carbonyl (C=O) groups excluding carboxylic acids is 1. The van der Waals surface area contributed by atoms with Crippen molar-refractivity contribution in [2.24, 2.45) is 0 Å². The Hall–Kier alpha value is -2.61. The molecule has 0 atom stereocenters. The number of aliphatic hydroxyl groups is 1. The van der Waals surface area contributed by atoms with Crippen LogP contribution in [0.2, 0.25) is 5.15 Å². The van der Waals surface area contributed by atoms with E-state index in [0.717, 1.165) is 36.2 Å². The molecule has 8 heteroatoms. The van der Waals surface area contributed by atoms with E-state index in [1.807, 2.05) is 28.8 Å². The highest BCUT2D eigenvalue weighted by Gasteiger charge is 2.21. The SMILES string of the molecule is CCCCc1nc(Cl)c(CO)n1-c1ccc2c(OC(=O)c3ccccc3)oc(Br)c2c1. The summed E-state index contributed by atoms with van der Waals surface area (Å²) in [5.74, 6) is 0.392. The van der Waals surface area contributed by atoms with Gasteiger partial charge in [-0.05, 0) is 52.7 Å². The van der Waals surface area contributed by atoms with E-state index in [1.54, 1.807) is 24.3 Å². The fourth-order valence-electron chi connectivity index (χ4n) is 3.42. The molecule has 4 aromatic rings. The van der Waals surface area contributed by atoms with Gasteiger partial charge < -0.3 is 14.3 Å². The van der Waals surface area contributed by atoms with Gasteiger partial charge in [-0.15, -0.1) is 0 Å². The number of carbonyl (C=O) groups is 1. The summed E-state index contributed by atoms with van der Waals surface area (Å²) >= 11 is 9.68. The summed E-state index contributed by atoms with van der Waals surface area (Å²) in [6.45, 7) is 1.87. The van der Waals surface area contributed by atoms with E-state index >= 15 is 0 Å². The second kappa shape index (κ2) is 9.26. The molecule has 0 radical (unpaired) electrons. The standard InChI is InChI=1S/C23H20BrClN2O4/c1-2-3-9-19-26-21(25)18(13-28)27(19)15-10-11-16-17(12-15)20(24)30-23(16)31-22(29)14-7-5-4-6-8-14/h4-8,10-12,28H,2-3,9,13H2,1H3. The number of fused-ring (bicyclic) bond motifs is 1. The molecule has 0 aliphatic heterocycles. The van der Waals surface area contributed by atoms with Crippen LogP contribution in [0.4, 0.5) is 0 Å². The van der Waals surface area contributed by atoms with Gasteiger partial charge in [0, 0.05) is 17.5 Å². The lowest BCUT2D eigenvalue weighted by molar-refractivity contribution is 0.0695. The number of aromatic nitrogens is 2. The van der Waals surface area contributed by atoms with E-state index in [1.165, 1.54) is 0 Å². The predicted octanol–water partition coefficient (Wildman–Crippen LogP) is 6.09. The van der Waals surface area contributed by atoms with Crippen LogP contribution < -0.4 is 4.74 Å². The number of aliphatic hydroxyl groups excluding tert-OH is 1. The first-order chi connectivity index (χ1) is 15.0. The molecule has 0 saturated carbocycles. The Morgan fingerprint density at radius 3 is 2.71 bits per heavy atom. The van der Waals surface area contributed by atoms with Gasteiger partial charge in [0.15, 0.2) is 9.82 Å². The molecular weight excluding hydrogens is 484 g/mol. The van der Waals surface area contributed by atoms with E-state index in [2.05, 4.69) is 27.8 Å². The van der Waals surface area contributed by atoms with Crippen molar-refractivity contribution < 1.29 is 19.1 Å². The van der Waals surface area contributed by atoms with Crippen molar-refractivity contribution in [2.45, 2.75) is 32.8 Å². The Labute approximate surface area is 192 Å². The van der Waals surface area contributed by atoms with Gasteiger partial charge in [-0.1, -0.05) is 43.1 Å². The van der Waals surface area contributed by atoms with Crippen molar-refractivity contribution in [1.82, 2.24) is 9.55 Å². The Morgan fingerprint density at radius 2 is 2.00 bits per heavy atom. The van der Waals surface area contributed by atoms with Gasteiger partial charge in [0.2, 0.25) is 0 Å². The second-order valence-electron chi connectivity index (χ2n) is 7.01. The van der Waals surface area contributed by atoms with E-state index in [0.29, 0.717) is 21.3 Å². The number of esters is 1. The minimum atomic E-state index is -0.501. The smallest absolute Gasteiger partial charge is 0.345 e. The molecule has 0 amide bonds. The number of imidazole rings is 1. The minimum Gasteiger partial charge on any atom is -0.417 e. The number of aryl methyl sites for hydroxylation is 1. The van der Waals surface area contributed by atoms with E-state index < -0.39 is 5.97 Å². The molecule has 2 heterocycles. The first-order valence-corrected chi connectivity index (χ1v) is 11.1. The van der Waals surface area contributed by atoms with Crippen LogP contribution in [-0.4, -0.2) is 20.6 Å². The monoisotopic (exact) mass is 502 g/mol. The highest BCUT2D eigenvalue weighted by atomic mass is 79.9. The van der Waals surface area contributed by atoms with Crippen LogP contribution in [0, 0.1) is 0 Å². The third kappa shape index (κ3) is 4.26. The molecule has 0 aliphatic rings. The maximum atomic E-state index is 12.4. The first-order valence-electron chi connectivity index (χ1n) is 9.90. The van der Waals surface area contributed by atoms with Crippen LogP contribution in [0.1, 0.15) is 41.6 Å². The number of benzene rings is 2. The van der Waals surface area contributed by atoms with Crippen molar-refractivity contribution in [2.75, 3.05) is 0 Å². The zero-order valence-corrected chi connectivity index (χ0v) is 19.1. The summed E-state index contributed by atoms with van der Waals surface area (Å²) in [5.41, 5.74) is 1.74. The van der Waals surface area contributed by atoms with Gasteiger partial charge in [0.05, 0.1) is 23.3 Å². The highest BCUT2D eigenvalue weighted by molar-refractivity contribution is 9.10. The molecule has 0 saturated heterocycles. The molecule has 0 spiro atoms. The lowest BCUT2D eigenvalue weighted by Gasteiger charge is -2.11. The minimum absolute atomic E-state index is 0.111. The molecular formula is C23H20BrClN2O4. The fourth-order valence-corrected chi connectivity index (χ4v) is 4.13. The average molecular weight is 504 g/mol. The summed E-state index contributed by atoms with van der Waals surface area (Å²) in [5, 5.41) is 11.5. The maximum Gasteiger partial charge on any atom is 0.345 e. The maximum absolute atomic E-state index is 12.4. The normalized spacial score (nSPS) is 11.2. The molecule has 4 rings (SSSR count). The largest absolute Gasteiger partial charge is 0.417 e. The molecule has 0 bridgehead atoms. The zero-order valence-electron chi connectivity index (χ0n) is 16.8. The number of halogens is 2. The Bertz CT molecular complexity index is 1230. The van der Waals surface area contributed by atoms with Crippen LogP contribution in [0.25, 0.3) is 16.5 Å². The fraction of sp³-hybridized carbons (Fsp3) is 0.217. The van der Waals surface area contributed by atoms with Crippen LogP contribution in [0.3, 0.4) is 0 Å². The van der Waals surface area contributed by atoms with Crippen molar-refractivity contribution in [3.05, 3.63) is 75.4 Å². The molecule has 2 aromatic heterocycles. The van der Waals surface area contributed by atoms with E-state index in [9.17, 15) is 9.90 Å². The predicted molar refractivity (Wildman–Crippen MR) is 122 cm³/mol. The summed E-state index contributed by atoms with van der Waals surface area (Å²) < 4.78 is 13.5. The van der Waals surface area contributed by atoms with Crippen molar-refractivity contribution >= 4 is 44.3 Å². The number of hydrogen-bond donors (Lipinski definition) is 1. The Balaban J connectivity index is 1.74. The molecule has 0 aliphatic carbocycles. The van der Waals surface area contributed by atoms with Crippen LogP contribution in [-0.2, 0) is 13.0 Å². The van der Waals surface area contributed by atoms with E-state index in [-0.39, 0.29) is 17.7 Å². The molecule has 0 fully saturated rings. The molecule has 1 N–H and O–H groups in total. The molecule has 160 valence electrons. The Morgan fingerprint density at radius 1 is 1.23 bits per heavy atom. The van der Waals surface area contributed by atoms with Crippen LogP contribution in [0.15, 0.2) is 57.6 Å².